The predicted octanol–water partition coefficient (Wildman–Crippen LogP) is 2.88. The zero-order valence-electron chi connectivity index (χ0n) is 10.4. The van der Waals surface area contributed by atoms with Gasteiger partial charge in [0.25, 0.3) is 0 Å². The highest BCUT2D eigenvalue weighted by Gasteiger charge is 2.09. The fourth-order valence-corrected chi connectivity index (χ4v) is 2.64. The van der Waals surface area contributed by atoms with Crippen molar-refractivity contribution < 1.29 is 5.21 Å². The Bertz CT molecular complexity index is 810. The van der Waals surface area contributed by atoms with E-state index in [0.717, 1.165) is 21.1 Å². The molecule has 20 heavy (non-hydrogen) atoms. The number of aromatic nitrogens is 2. The summed E-state index contributed by atoms with van der Waals surface area (Å²) in [6.45, 7) is 0. The molecule has 6 heteroatoms. The van der Waals surface area contributed by atoms with Gasteiger partial charge in [0.05, 0.1) is 17.4 Å². The summed E-state index contributed by atoms with van der Waals surface area (Å²) in [5.74, 6) is 0.0637. The lowest BCUT2D eigenvalue weighted by Gasteiger charge is -2.07. The van der Waals surface area contributed by atoms with E-state index in [2.05, 4.69) is 26.2 Å². The van der Waals surface area contributed by atoms with Crippen molar-refractivity contribution in [3.8, 4) is 5.69 Å². The van der Waals surface area contributed by atoms with Crippen molar-refractivity contribution in [2.75, 3.05) is 0 Å². The number of hydrogen-bond donors (Lipinski definition) is 2. The molecule has 0 radical (unpaired) electrons. The van der Waals surface area contributed by atoms with Crippen LogP contribution in [0.3, 0.4) is 0 Å². The lowest BCUT2D eigenvalue weighted by Crippen LogP contribution is -2.14. The molecule has 3 N–H and O–H groups in total. The van der Waals surface area contributed by atoms with E-state index in [1.165, 1.54) is 0 Å². The highest BCUT2D eigenvalue weighted by atomic mass is 79.9. The van der Waals surface area contributed by atoms with Crippen LogP contribution in [-0.4, -0.2) is 20.8 Å². The minimum absolute atomic E-state index is 0.0637. The van der Waals surface area contributed by atoms with Crippen LogP contribution in [0.25, 0.3) is 16.6 Å². The first-order valence-corrected chi connectivity index (χ1v) is 6.70. The van der Waals surface area contributed by atoms with Crippen molar-refractivity contribution in [2.45, 2.75) is 0 Å². The van der Waals surface area contributed by atoms with Crippen LogP contribution in [-0.2, 0) is 0 Å². The van der Waals surface area contributed by atoms with Crippen molar-refractivity contribution in [1.82, 2.24) is 9.78 Å². The molecular weight excluding hydrogens is 320 g/mol. The number of para-hydroxylation sites is 1. The normalized spacial score (nSPS) is 11.9. The molecule has 1 aromatic heterocycles. The molecule has 3 aromatic rings. The Morgan fingerprint density at radius 2 is 2.05 bits per heavy atom. The average Bonchev–Trinajstić information content (AvgIpc) is 2.90. The maximum atomic E-state index is 8.73. The number of amidine groups is 1. The Kier molecular flexibility index (Phi) is 3.15. The molecule has 100 valence electrons. The first kappa shape index (κ1) is 12.7. The van der Waals surface area contributed by atoms with Crippen LogP contribution < -0.4 is 5.73 Å². The lowest BCUT2D eigenvalue weighted by molar-refractivity contribution is 0.318. The molecule has 0 saturated carbocycles. The van der Waals surface area contributed by atoms with Crippen molar-refractivity contribution in [3.05, 3.63) is 58.7 Å². The van der Waals surface area contributed by atoms with Crippen molar-refractivity contribution in [2.24, 2.45) is 10.9 Å². The topological polar surface area (TPSA) is 76.4 Å². The van der Waals surface area contributed by atoms with Crippen LogP contribution in [0.1, 0.15) is 5.56 Å². The Labute approximate surface area is 123 Å². The van der Waals surface area contributed by atoms with Gasteiger partial charge in [-0.2, -0.15) is 5.10 Å². The number of hydrogen-bond acceptors (Lipinski definition) is 3. The average molecular weight is 331 g/mol. The van der Waals surface area contributed by atoms with Gasteiger partial charge in [-0.3, -0.25) is 0 Å². The largest absolute Gasteiger partial charge is 0.409 e. The van der Waals surface area contributed by atoms with Crippen LogP contribution in [0.5, 0.6) is 0 Å². The molecule has 0 amide bonds. The molecule has 0 bridgehead atoms. The summed E-state index contributed by atoms with van der Waals surface area (Å²) in [6, 6.07) is 13.5. The smallest absolute Gasteiger partial charge is 0.171 e. The number of benzene rings is 2. The highest BCUT2D eigenvalue weighted by molar-refractivity contribution is 9.10. The number of rotatable bonds is 2. The van der Waals surface area contributed by atoms with E-state index < -0.39 is 0 Å². The molecule has 0 aliphatic rings. The third-order valence-electron chi connectivity index (χ3n) is 3.06. The minimum atomic E-state index is 0.0637. The van der Waals surface area contributed by atoms with Crippen molar-refractivity contribution >= 4 is 32.7 Å². The first-order chi connectivity index (χ1) is 9.70. The van der Waals surface area contributed by atoms with Gasteiger partial charge in [0.15, 0.2) is 5.84 Å². The van der Waals surface area contributed by atoms with Gasteiger partial charge < -0.3 is 10.9 Å². The first-order valence-electron chi connectivity index (χ1n) is 5.91. The number of halogens is 1. The quantitative estimate of drug-likeness (QED) is 0.328. The van der Waals surface area contributed by atoms with Gasteiger partial charge >= 0.3 is 0 Å². The van der Waals surface area contributed by atoms with Gasteiger partial charge in [0, 0.05) is 15.4 Å². The van der Waals surface area contributed by atoms with Crippen LogP contribution in [0.2, 0.25) is 0 Å². The van der Waals surface area contributed by atoms with E-state index in [1.54, 1.807) is 6.07 Å². The SMILES string of the molecule is N/C(=N/O)c1ccc(-n2ncc3ccccc32)cc1Br. The van der Waals surface area contributed by atoms with Crippen molar-refractivity contribution in [1.29, 1.82) is 0 Å². The third kappa shape index (κ3) is 2.04. The Hall–Kier alpha value is -2.34. The van der Waals surface area contributed by atoms with E-state index in [0.29, 0.717) is 5.56 Å². The van der Waals surface area contributed by atoms with Crippen molar-refractivity contribution in [3.63, 3.8) is 0 Å². The van der Waals surface area contributed by atoms with Gasteiger partial charge in [-0.15, -0.1) is 0 Å². The summed E-state index contributed by atoms with van der Waals surface area (Å²) in [6.07, 6.45) is 1.82. The standard InChI is InChI=1S/C14H11BrN4O/c15-12-7-10(5-6-11(12)14(16)18-20)19-13-4-2-1-3-9(13)8-17-19/h1-8,20H,(H2,16,18). The van der Waals surface area contributed by atoms with Gasteiger partial charge in [0.2, 0.25) is 0 Å². The molecule has 0 unspecified atom stereocenters. The summed E-state index contributed by atoms with van der Waals surface area (Å²) in [4.78, 5) is 0. The summed E-state index contributed by atoms with van der Waals surface area (Å²) in [7, 11) is 0. The van der Waals surface area contributed by atoms with Gasteiger partial charge in [0.1, 0.15) is 0 Å². The number of nitrogens with two attached hydrogens (primary N) is 1. The molecule has 0 spiro atoms. The molecule has 0 fully saturated rings. The fourth-order valence-electron chi connectivity index (χ4n) is 2.07. The Morgan fingerprint density at radius 3 is 2.80 bits per heavy atom. The summed E-state index contributed by atoms with van der Waals surface area (Å²) in [5.41, 5.74) is 8.15. The highest BCUT2D eigenvalue weighted by Crippen LogP contribution is 2.23. The second-order valence-electron chi connectivity index (χ2n) is 4.26. The molecule has 3 rings (SSSR count). The van der Waals surface area contributed by atoms with E-state index >= 15 is 0 Å². The second kappa shape index (κ2) is 4.97. The molecular formula is C14H11BrN4O. The summed E-state index contributed by atoms with van der Waals surface area (Å²) < 4.78 is 2.58. The summed E-state index contributed by atoms with van der Waals surface area (Å²) in [5, 5.41) is 17.2. The van der Waals surface area contributed by atoms with Crippen LogP contribution >= 0.6 is 15.9 Å². The predicted molar refractivity (Wildman–Crippen MR) is 81.3 cm³/mol. The van der Waals surface area contributed by atoms with E-state index in [9.17, 15) is 0 Å². The van der Waals surface area contributed by atoms with Crippen LogP contribution in [0, 0.1) is 0 Å². The minimum Gasteiger partial charge on any atom is -0.409 e. The zero-order chi connectivity index (χ0) is 14.1. The number of oxime groups is 1. The monoisotopic (exact) mass is 330 g/mol. The van der Waals surface area contributed by atoms with E-state index in [1.807, 2.05) is 47.3 Å². The maximum absolute atomic E-state index is 8.73. The van der Waals surface area contributed by atoms with E-state index in [-0.39, 0.29) is 5.84 Å². The Balaban J connectivity index is 2.14. The second-order valence-corrected chi connectivity index (χ2v) is 5.12. The number of fused-ring (bicyclic) bond motifs is 1. The molecule has 0 atom stereocenters. The molecule has 2 aromatic carbocycles. The van der Waals surface area contributed by atoms with E-state index in [4.69, 9.17) is 10.9 Å². The Morgan fingerprint density at radius 1 is 1.25 bits per heavy atom. The van der Waals surface area contributed by atoms with Crippen LogP contribution in [0.15, 0.2) is 58.3 Å². The molecule has 0 saturated heterocycles. The number of nitrogens with zero attached hydrogens (tertiary/aromatic N) is 3. The maximum Gasteiger partial charge on any atom is 0.171 e. The van der Waals surface area contributed by atoms with Crippen LogP contribution in [0.4, 0.5) is 0 Å². The molecule has 0 aliphatic carbocycles. The lowest BCUT2D eigenvalue weighted by atomic mass is 10.2. The summed E-state index contributed by atoms with van der Waals surface area (Å²) >= 11 is 3.43. The molecule has 1 heterocycles. The molecule has 5 nitrogen and oxygen atoms in total. The zero-order valence-corrected chi connectivity index (χ0v) is 11.9. The van der Waals surface area contributed by atoms with Gasteiger partial charge in [-0.1, -0.05) is 23.4 Å². The third-order valence-corrected chi connectivity index (χ3v) is 3.71. The van der Waals surface area contributed by atoms with Gasteiger partial charge in [-0.25, -0.2) is 4.68 Å². The molecule has 0 aliphatic heterocycles. The fraction of sp³-hybridized carbons (Fsp3) is 0. The van der Waals surface area contributed by atoms with Gasteiger partial charge in [-0.05, 0) is 40.2 Å².